The summed E-state index contributed by atoms with van der Waals surface area (Å²) in [5, 5.41) is 20.1. The predicted octanol–water partition coefficient (Wildman–Crippen LogP) is 2.78. The summed E-state index contributed by atoms with van der Waals surface area (Å²) in [6.45, 7) is 3.44. The van der Waals surface area contributed by atoms with Crippen molar-refractivity contribution in [2.75, 3.05) is 19.7 Å². The average molecular weight is 285 g/mol. The summed E-state index contributed by atoms with van der Waals surface area (Å²) in [6, 6.07) is 19.5. The molecule has 0 fully saturated rings. The van der Waals surface area contributed by atoms with Gasteiger partial charge in [-0.2, -0.15) is 0 Å². The van der Waals surface area contributed by atoms with Crippen LogP contribution >= 0.6 is 0 Å². The standard InChI is InChI=1S/C18H23NO2/c1-2-19(13-14-20)17(15-9-5-3-6-10-15)18(21)16-11-7-4-8-12-16/h3-12,17-18,20-21H,2,13-14H2,1H3/t17-,18+/m0/s1. The SMILES string of the molecule is CCN(CCO)[C@@H](c1ccccc1)[C@H](O)c1ccccc1. The van der Waals surface area contributed by atoms with Gasteiger partial charge in [0.2, 0.25) is 0 Å². The Morgan fingerprint density at radius 2 is 1.43 bits per heavy atom. The van der Waals surface area contributed by atoms with Crippen molar-refractivity contribution in [1.29, 1.82) is 0 Å². The highest BCUT2D eigenvalue weighted by atomic mass is 16.3. The summed E-state index contributed by atoms with van der Waals surface area (Å²) in [5.41, 5.74) is 1.95. The highest BCUT2D eigenvalue weighted by molar-refractivity contribution is 5.26. The molecule has 21 heavy (non-hydrogen) atoms. The number of nitrogens with zero attached hydrogens (tertiary/aromatic N) is 1. The third kappa shape index (κ3) is 3.91. The molecule has 0 aliphatic rings. The Hall–Kier alpha value is -1.68. The summed E-state index contributed by atoms with van der Waals surface area (Å²) in [7, 11) is 0. The molecule has 0 radical (unpaired) electrons. The zero-order chi connectivity index (χ0) is 15.1. The highest BCUT2D eigenvalue weighted by Gasteiger charge is 2.27. The van der Waals surface area contributed by atoms with Gasteiger partial charge < -0.3 is 10.2 Å². The molecule has 2 aromatic rings. The van der Waals surface area contributed by atoms with Crippen LogP contribution in [0.1, 0.15) is 30.2 Å². The average Bonchev–Trinajstić information content (AvgIpc) is 2.56. The van der Waals surface area contributed by atoms with E-state index < -0.39 is 6.10 Å². The van der Waals surface area contributed by atoms with Gasteiger partial charge in [-0.05, 0) is 17.7 Å². The molecule has 0 aliphatic carbocycles. The van der Waals surface area contributed by atoms with Crippen LogP contribution < -0.4 is 0 Å². The second kappa shape index (κ2) is 7.93. The van der Waals surface area contributed by atoms with Crippen molar-refractivity contribution < 1.29 is 10.2 Å². The number of rotatable bonds is 7. The van der Waals surface area contributed by atoms with Gasteiger partial charge in [0, 0.05) is 6.54 Å². The normalized spacial score (nSPS) is 14.1. The minimum atomic E-state index is -0.625. The van der Waals surface area contributed by atoms with E-state index in [0.29, 0.717) is 6.54 Å². The smallest absolute Gasteiger partial charge is 0.0986 e. The van der Waals surface area contributed by atoms with Crippen molar-refractivity contribution >= 4 is 0 Å². The van der Waals surface area contributed by atoms with Gasteiger partial charge in [-0.1, -0.05) is 67.6 Å². The van der Waals surface area contributed by atoms with Gasteiger partial charge in [0.25, 0.3) is 0 Å². The first-order valence-corrected chi connectivity index (χ1v) is 7.40. The van der Waals surface area contributed by atoms with E-state index in [2.05, 4.69) is 4.90 Å². The molecular formula is C18H23NO2. The predicted molar refractivity (Wildman–Crippen MR) is 84.9 cm³/mol. The molecule has 0 aliphatic heterocycles. The van der Waals surface area contributed by atoms with E-state index in [1.807, 2.05) is 67.6 Å². The Labute approximate surface area is 126 Å². The van der Waals surface area contributed by atoms with Gasteiger partial charge >= 0.3 is 0 Å². The number of aliphatic hydroxyl groups is 2. The number of benzene rings is 2. The van der Waals surface area contributed by atoms with E-state index in [1.165, 1.54) is 0 Å². The van der Waals surface area contributed by atoms with Crippen LogP contribution in [0.25, 0.3) is 0 Å². The highest BCUT2D eigenvalue weighted by Crippen LogP contribution is 2.33. The fraction of sp³-hybridized carbons (Fsp3) is 0.333. The molecule has 0 bridgehead atoms. The van der Waals surface area contributed by atoms with Crippen molar-refractivity contribution in [2.24, 2.45) is 0 Å². The lowest BCUT2D eigenvalue weighted by atomic mass is 9.94. The molecule has 0 saturated carbocycles. The Kier molecular flexibility index (Phi) is 5.93. The molecule has 0 heterocycles. The first-order chi connectivity index (χ1) is 10.3. The van der Waals surface area contributed by atoms with Crippen molar-refractivity contribution in [1.82, 2.24) is 4.90 Å². The Balaban J connectivity index is 2.35. The molecule has 0 spiro atoms. The van der Waals surface area contributed by atoms with Gasteiger partial charge in [0.15, 0.2) is 0 Å². The molecular weight excluding hydrogens is 262 g/mol. The number of hydrogen-bond acceptors (Lipinski definition) is 3. The quantitative estimate of drug-likeness (QED) is 0.822. The van der Waals surface area contributed by atoms with Gasteiger partial charge in [0.1, 0.15) is 0 Å². The van der Waals surface area contributed by atoms with E-state index in [4.69, 9.17) is 0 Å². The number of aliphatic hydroxyl groups excluding tert-OH is 2. The molecule has 0 unspecified atom stereocenters. The van der Waals surface area contributed by atoms with Crippen LogP contribution in [0, 0.1) is 0 Å². The van der Waals surface area contributed by atoms with Crippen LogP contribution in [0.5, 0.6) is 0 Å². The maximum atomic E-state index is 10.8. The van der Waals surface area contributed by atoms with E-state index in [-0.39, 0.29) is 12.6 Å². The van der Waals surface area contributed by atoms with E-state index >= 15 is 0 Å². The van der Waals surface area contributed by atoms with Crippen LogP contribution in [0.4, 0.5) is 0 Å². The third-order valence-corrected chi connectivity index (χ3v) is 3.77. The molecule has 0 aromatic heterocycles. The minimum absolute atomic E-state index is 0.0820. The summed E-state index contributed by atoms with van der Waals surface area (Å²) in [6.07, 6.45) is -0.625. The third-order valence-electron chi connectivity index (χ3n) is 3.77. The second-order valence-corrected chi connectivity index (χ2v) is 5.06. The molecule has 0 saturated heterocycles. The molecule has 2 N–H and O–H groups in total. The maximum absolute atomic E-state index is 10.8. The molecule has 0 amide bonds. The van der Waals surface area contributed by atoms with E-state index in [1.54, 1.807) is 0 Å². The van der Waals surface area contributed by atoms with Gasteiger partial charge in [-0.25, -0.2) is 0 Å². The second-order valence-electron chi connectivity index (χ2n) is 5.06. The molecule has 3 nitrogen and oxygen atoms in total. The zero-order valence-corrected chi connectivity index (χ0v) is 12.4. The topological polar surface area (TPSA) is 43.7 Å². The van der Waals surface area contributed by atoms with Crippen LogP contribution in [-0.2, 0) is 0 Å². The largest absolute Gasteiger partial charge is 0.395 e. The van der Waals surface area contributed by atoms with E-state index in [9.17, 15) is 10.2 Å². The zero-order valence-electron chi connectivity index (χ0n) is 12.4. The monoisotopic (exact) mass is 285 g/mol. The molecule has 2 atom stereocenters. The fourth-order valence-corrected chi connectivity index (χ4v) is 2.70. The Bertz CT molecular complexity index is 515. The molecule has 2 aromatic carbocycles. The van der Waals surface area contributed by atoms with Crippen LogP contribution in [0.2, 0.25) is 0 Å². The van der Waals surface area contributed by atoms with Gasteiger partial charge in [-0.15, -0.1) is 0 Å². The lowest BCUT2D eigenvalue weighted by Crippen LogP contribution is -2.35. The summed E-state index contributed by atoms with van der Waals surface area (Å²) in [5.74, 6) is 0. The number of likely N-dealkylation sites (N-methyl/N-ethyl adjacent to an activating group) is 1. The van der Waals surface area contributed by atoms with Crippen molar-refractivity contribution in [2.45, 2.75) is 19.1 Å². The minimum Gasteiger partial charge on any atom is -0.395 e. The van der Waals surface area contributed by atoms with Crippen molar-refractivity contribution in [3.05, 3.63) is 71.8 Å². The molecule has 2 rings (SSSR count). The van der Waals surface area contributed by atoms with Crippen LogP contribution in [0.15, 0.2) is 60.7 Å². The fourth-order valence-electron chi connectivity index (χ4n) is 2.70. The van der Waals surface area contributed by atoms with Crippen molar-refractivity contribution in [3.63, 3.8) is 0 Å². The van der Waals surface area contributed by atoms with E-state index in [0.717, 1.165) is 17.7 Å². The summed E-state index contributed by atoms with van der Waals surface area (Å²) < 4.78 is 0. The van der Waals surface area contributed by atoms with Crippen LogP contribution in [-0.4, -0.2) is 34.8 Å². The van der Waals surface area contributed by atoms with Crippen LogP contribution in [0.3, 0.4) is 0 Å². The molecule has 3 heteroatoms. The maximum Gasteiger partial charge on any atom is 0.0986 e. The first-order valence-electron chi connectivity index (χ1n) is 7.40. The summed E-state index contributed by atoms with van der Waals surface area (Å²) >= 11 is 0. The summed E-state index contributed by atoms with van der Waals surface area (Å²) in [4.78, 5) is 2.10. The Morgan fingerprint density at radius 3 is 1.90 bits per heavy atom. The number of hydrogen-bond donors (Lipinski definition) is 2. The van der Waals surface area contributed by atoms with Gasteiger partial charge in [0.05, 0.1) is 18.8 Å². The Morgan fingerprint density at radius 1 is 0.905 bits per heavy atom. The first kappa shape index (κ1) is 15.7. The lowest BCUT2D eigenvalue weighted by Gasteiger charge is -2.34. The van der Waals surface area contributed by atoms with Crippen molar-refractivity contribution in [3.8, 4) is 0 Å². The lowest BCUT2D eigenvalue weighted by molar-refractivity contribution is 0.0404. The molecule has 112 valence electrons. The van der Waals surface area contributed by atoms with Gasteiger partial charge in [-0.3, -0.25) is 4.90 Å².